The fraction of sp³-hybridized carbons (Fsp3) is 0.762. The van der Waals surface area contributed by atoms with E-state index in [1.54, 1.807) is 6.92 Å². The molecule has 33 heavy (non-hydrogen) atoms. The average Bonchev–Trinajstić information content (AvgIpc) is 2.73. The minimum absolute atomic E-state index is 0.0236. The Morgan fingerprint density at radius 1 is 0.909 bits per heavy atom. The van der Waals surface area contributed by atoms with E-state index in [9.17, 15) is 29.1 Å². The van der Waals surface area contributed by atoms with Crippen LogP contribution in [0.3, 0.4) is 0 Å². The summed E-state index contributed by atoms with van der Waals surface area (Å²) in [6.45, 7) is 7.31. The molecule has 5 atom stereocenters. The summed E-state index contributed by atoms with van der Waals surface area (Å²) in [6.07, 6.45) is 2.42. The maximum Gasteiger partial charge on any atom is 0.326 e. The van der Waals surface area contributed by atoms with Crippen LogP contribution >= 0.6 is 11.8 Å². The van der Waals surface area contributed by atoms with Gasteiger partial charge >= 0.3 is 5.97 Å². The van der Waals surface area contributed by atoms with Crippen LogP contribution in [0.1, 0.15) is 53.4 Å². The smallest absolute Gasteiger partial charge is 0.326 e. The second-order valence-electron chi connectivity index (χ2n) is 8.51. The molecule has 0 aromatic rings. The topological polar surface area (TPSA) is 194 Å². The van der Waals surface area contributed by atoms with E-state index < -0.39 is 60.2 Å². The Balaban J connectivity index is 5.51. The molecule has 12 heteroatoms. The lowest BCUT2D eigenvalue weighted by Crippen LogP contribution is -2.58. The second kappa shape index (κ2) is 15.5. The van der Waals surface area contributed by atoms with Crippen LogP contribution in [-0.2, 0) is 24.0 Å². The lowest BCUT2D eigenvalue weighted by atomic mass is 9.99. The normalized spacial score (nSPS) is 15.6. The van der Waals surface area contributed by atoms with E-state index >= 15 is 0 Å². The van der Waals surface area contributed by atoms with Gasteiger partial charge in [-0.1, -0.05) is 34.1 Å². The van der Waals surface area contributed by atoms with Gasteiger partial charge in [-0.15, -0.1) is 0 Å². The number of aliphatic carboxylic acids is 1. The van der Waals surface area contributed by atoms with E-state index in [-0.39, 0.29) is 24.7 Å². The molecule has 0 bridgehead atoms. The van der Waals surface area contributed by atoms with Crippen molar-refractivity contribution in [2.24, 2.45) is 23.3 Å². The van der Waals surface area contributed by atoms with Gasteiger partial charge in [0.15, 0.2) is 0 Å². The van der Waals surface area contributed by atoms with Gasteiger partial charge in [-0.05, 0) is 36.7 Å². The number of thioether (sulfide) groups is 1. The first-order valence-electron chi connectivity index (χ1n) is 11.0. The molecule has 5 unspecified atom stereocenters. The number of nitrogens with two attached hydrogens (primary N) is 2. The molecule has 0 rings (SSSR count). The number of primary amides is 1. The number of nitrogens with one attached hydrogen (secondary N) is 3. The van der Waals surface area contributed by atoms with Crippen LogP contribution in [0.5, 0.6) is 0 Å². The average molecular weight is 490 g/mol. The number of carboxylic acids is 1. The molecule has 0 saturated carbocycles. The number of carboxylic acid groups (broad SMARTS) is 1. The predicted molar refractivity (Wildman–Crippen MR) is 127 cm³/mol. The lowest BCUT2D eigenvalue weighted by molar-refractivity contribution is -0.143. The van der Waals surface area contributed by atoms with Crippen molar-refractivity contribution >= 4 is 41.4 Å². The van der Waals surface area contributed by atoms with Gasteiger partial charge in [0.25, 0.3) is 0 Å². The number of carbonyl (C=O) groups is 5. The molecule has 4 amide bonds. The summed E-state index contributed by atoms with van der Waals surface area (Å²) >= 11 is 1.44. The minimum Gasteiger partial charge on any atom is -0.480 e. The molecule has 0 spiro atoms. The van der Waals surface area contributed by atoms with Crippen LogP contribution in [0.15, 0.2) is 0 Å². The van der Waals surface area contributed by atoms with Gasteiger partial charge in [-0.3, -0.25) is 19.2 Å². The number of hydrogen-bond donors (Lipinski definition) is 6. The fourth-order valence-corrected chi connectivity index (χ4v) is 3.40. The maximum absolute atomic E-state index is 12.9. The summed E-state index contributed by atoms with van der Waals surface area (Å²) in [4.78, 5) is 61.1. The molecule has 0 saturated heterocycles. The molecule has 8 N–H and O–H groups in total. The zero-order valence-corrected chi connectivity index (χ0v) is 20.9. The van der Waals surface area contributed by atoms with E-state index in [2.05, 4.69) is 16.0 Å². The largest absolute Gasteiger partial charge is 0.480 e. The third-order valence-corrected chi connectivity index (χ3v) is 5.81. The third-order valence-electron chi connectivity index (χ3n) is 5.16. The van der Waals surface area contributed by atoms with Crippen LogP contribution < -0.4 is 27.4 Å². The quantitative estimate of drug-likeness (QED) is 0.168. The Morgan fingerprint density at radius 3 is 1.88 bits per heavy atom. The molecule has 190 valence electrons. The lowest BCUT2D eigenvalue weighted by Gasteiger charge is -2.26. The summed E-state index contributed by atoms with van der Waals surface area (Å²) < 4.78 is 0. The SMILES string of the molecule is CCC(C)C(N)C(=O)NC(CC(N)=O)C(=O)NC(CCSC)C(=O)NC(CC(C)C)C(=O)O. The van der Waals surface area contributed by atoms with Gasteiger partial charge in [0, 0.05) is 0 Å². The van der Waals surface area contributed by atoms with Gasteiger partial charge in [0.1, 0.15) is 18.1 Å². The summed E-state index contributed by atoms with van der Waals surface area (Å²) in [5.41, 5.74) is 11.1. The van der Waals surface area contributed by atoms with Crippen LogP contribution in [0.2, 0.25) is 0 Å². The van der Waals surface area contributed by atoms with Gasteiger partial charge in [-0.25, -0.2) is 4.79 Å². The number of amides is 4. The monoisotopic (exact) mass is 489 g/mol. The molecule has 0 aliphatic carbocycles. The van der Waals surface area contributed by atoms with E-state index in [1.807, 2.05) is 27.0 Å². The zero-order chi connectivity index (χ0) is 25.7. The van der Waals surface area contributed by atoms with Crippen LogP contribution in [0.4, 0.5) is 0 Å². The van der Waals surface area contributed by atoms with Crippen molar-refractivity contribution in [2.75, 3.05) is 12.0 Å². The molecule has 0 fully saturated rings. The van der Waals surface area contributed by atoms with E-state index in [0.29, 0.717) is 12.2 Å². The van der Waals surface area contributed by atoms with Crippen LogP contribution in [0.25, 0.3) is 0 Å². The van der Waals surface area contributed by atoms with E-state index in [0.717, 1.165) is 0 Å². The highest BCUT2D eigenvalue weighted by Crippen LogP contribution is 2.09. The van der Waals surface area contributed by atoms with Crippen molar-refractivity contribution in [1.82, 2.24) is 16.0 Å². The number of rotatable bonds is 16. The Labute approximate surface area is 199 Å². The summed E-state index contributed by atoms with van der Waals surface area (Å²) in [5, 5.41) is 16.8. The van der Waals surface area contributed by atoms with Crippen molar-refractivity contribution in [2.45, 2.75) is 77.5 Å². The predicted octanol–water partition coefficient (Wildman–Crippen LogP) is -0.427. The second-order valence-corrected chi connectivity index (χ2v) is 9.50. The van der Waals surface area contributed by atoms with E-state index in [1.165, 1.54) is 11.8 Å². The first-order valence-corrected chi connectivity index (χ1v) is 12.4. The third kappa shape index (κ3) is 11.9. The maximum atomic E-state index is 12.9. The summed E-state index contributed by atoms with van der Waals surface area (Å²) in [6, 6.07) is -4.38. The first kappa shape index (κ1) is 30.7. The van der Waals surface area contributed by atoms with Crippen molar-refractivity contribution < 1.29 is 29.1 Å². The van der Waals surface area contributed by atoms with Crippen LogP contribution in [-0.4, -0.2) is 70.9 Å². The Bertz CT molecular complexity index is 690. The standard InChI is InChI=1S/C21H39N5O6S/c1-6-12(4)17(23)20(30)25-14(10-16(22)27)19(29)24-13(7-8-33-5)18(28)26-15(21(31)32)9-11(2)3/h11-15,17H,6-10,23H2,1-5H3,(H2,22,27)(H,24,29)(H,25,30)(H,26,28)(H,31,32). The summed E-state index contributed by atoms with van der Waals surface area (Å²) in [7, 11) is 0. The van der Waals surface area contributed by atoms with Crippen molar-refractivity contribution in [3.63, 3.8) is 0 Å². The van der Waals surface area contributed by atoms with E-state index in [4.69, 9.17) is 11.5 Å². The van der Waals surface area contributed by atoms with Gasteiger partial charge < -0.3 is 32.5 Å². The Morgan fingerprint density at radius 2 is 1.42 bits per heavy atom. The van der Waals surface area contributed by atoms with Crippen molar-refractivity contribution in [3.05, 3.63) is 0 Å². The molecule has 0 aromatic heterocycles. The Hall–Kier alpha value is -2.34. The zero-order valence-electron chi connectivity index (χ0n) is 20.1. The highest BCUT2D eigenvalue weighted by molar-refractivity contribution is 7.98. The Kier molecular flexibility index (Phi) is 14.4. The summed E-state index contributed by atoms with van der Waals surface area (Å²) in [5.74, 6) is -3.68. The molecule has 0 aromatic carbocycles. The molecule has 0 heterocycles. The fourth-order valence-electron chi connectivity index (χ4n) is 2.93. The molecule has 0 aliphatic heterocycles. The molecule has 0 radical (unpaired) electrons. The molecule has 11 nitrogen and oxygen atoms in total. The molecular weight excluding hydrogens is 450 g/mol. The number of carbonyl (C=O) groups excluding carboxylic acids is 4. The van der Waals surface area contributed by atoms with Gasteiger partial charge in [0.2, 0.25) is 23.6 Å². The molecule has 0 aliphatic rings. The van der Waals surface area contributed by atoms with Gasteiger partial charge in [0.05, 0.1) is 12.5 Å². The van der Waals surface area contributed by atoms with Gasteiger partial charge in [-0.2, -0.15) is 11.8 Å². The highest BCUT2D eigenvalue weighted by Gasteiger charge is 2.31. The van der Waals surface area contributed by atoms with Crippen LogP contribution in [0, 0.1) is 11.8 Å². The minimum atomic E-state index is -1.32. The van der Waals surface area contributed by atoms with Crippen molar-refractivity contribution in [3.8, 4) is 0 Å². The van der Waals surface area contributed by atoms with Crippen molar-refractivity contribution in [1.29, 1.82) is 0 Å². The highest BCUT2D eigenvalue weighted by atomic mass is 32.2. The first-order chi connectivity index (χ1) is 15.3. The number of hydrogen-bond acceptors (Lipinski definition) is 7. The molecular formula is C21H39N5O6S.